The molecule has 1 aliphatic rings. The van der Waals surface area contributed by atoms with Crippen molar-refractivity contribution in [3.63, 3.8) is 0 Å². The van der Waals surface area contributed by atoms with Crippen LogP contribution in [-0.4, -0.2) is 33.5 Å². The average molecular weight is 368 g/mol. The Kier molecular flexibility index (Phi) is 5.09. The summed E-state index contributed by atoms with van der Waals surface area (Å²) in [5.74, 6) is -0.564. The molecular formula is C21H28N4O2. The first-order valence-corrected chi connectivity index (χ1v) is 9.39. The molecule has 3 rings (SSSR count). The van der Waals surface area contributed by atoms with Gasteiger partial charge in [0.2, 0.25) is 11.8 Å². The maximum atomic E-state index is 13.1. The summed E-state index contributed by atoms with van der Waals surface area (Å²) in [5, 5.41) is 7.58. The molecule has 0 saturated carbocycles. The van der Waals surface area contributed by atoms with Crippen molar-refractivity contribution in [2.45, 2.75) is 53.1 Å². The number of aryl methyl sites for hydroxylation is 2. The van der Waals surface area contributed by atoms with E-state index in [-0.39, 0.29) is 30.3 Å². The minimum absolute atomic E-state index is 0.00737. The van der Waals surface area contributed by atoms with Crippen LogP contribution in [0.5, 0.6) is 0 Å². The van der Waals surface area contributed by atoms with Crippen LogP contribution in [0.3, 0.4) is 0 Å². The van der Waals surface area contributed by atoms with Crippen molar-refractivity contribution in [1.29, 1.82) is 0 Å². The number of hydrogen-bond acceptors (Lipinski definition) is 3. The Labute approximate surface area is 160 Å². The van der Waals surface area contributed by atoms with Gasteiger partial charge < -0.3 is 10.2 Å². The number of amides is 2. The van der Waals surface area contributed by atoms with Gasteiger partial charge in [0, 0.05) is 19.5 Å². The summed E-state index contributed by atoms with van der Waals surface area (Å²) < 4.78 is 1.91. The Morgan fingerprint density at radius 3 is 2.37 bits per heavy atom. The first-order valence-electron chi connectivity index (χ1n) is 9.39. The molecule has 1 aromatic heterocycles. The molecule has 2 aromatic rings. The second kappa shape index (κ2) is 7.18. The van der Waals surface area contributed by atoms with E-state index in [0.29, 0.717) is 0 Å². The van der Waals surface area contributed by atoms with E-state index in [1.807, 2.05) is 49.7 Å². The van der Waals surface area contributed by atoms with Gasteiger partial charge in [0.25, 0.3) is 0 Å². The van der Waals surface area contributed by atoms with E-state index in [4.69, 9.17) is 0 Å². The summed E-state index contributed by atoms with van der Waals surface area (Å²) in [6.45, 7) is 9.99. The van der Waals surface area contributed by atoms with Crippen LogP contribution >= 0.6 is 0 Å². The van der Waals surface area contributed by atoms with Gasteiger partial charge in [-0.05, 0) is 40.2 Å². The lowest BCUT2D eigenvalue weighted by Crippen LogP contribution is -2.30. The molecule has 144 valence electrons. The predicted molar refractivity (Wildman–Crippen MR) is 106 cm³/mol. The van der Waals surface area contributed by atoms with Crippen LogP contribution in [0.4, 0.5) is 5.69 Å². The van der Waals surface area contributed by atoms with E-state index in [2.05, 4.69) is 24.3 Å². The molecule has 2 amide bonds. The molecular weight excluding hydrogens is 340 g/mol. The molecule has 0 spiro atoms. The second-order valence-corrected chi connectivity index (χ2v) is 7.74. The number of carbonyl (C=O) groups is 2. The van der Waals surface area contributed by atoms with Gasteiger partial charge in [0.1, 0.15) is 0 Å². The molecule has 1 aliphatic heterocycles. The summed E-state index contributed by atoms with van der Waals surface area (Å²) in [4.78, 5) is 27.1. The smallest absolute Gasteiger partial charge is 0.230 e. The van der Waals surface area contributed by atoms with Gasteiger partial charge >= 0.3 is 0 Å². The summed E-state index contributed by atoms with van der Waals surface area (Å²) in [5.41, 5.74) is 4.61. The van der Waals surface area contributed by atoms with Crippen molar-refractivity contribution in [2.75, 3.05) is 12.4 Å². The molecule has 0 bridgehead atoms. The summed E-state index contributed by atoms with van der Waals surface area (Å²) >= 11 is 0. The van der Waals surface area contributed by atoms with E-state index < -0.39 is 5.92 Å². The van der Waals surface area contributed by atoms with Crippen LogP contribution in [-0.2, 0) is 9.59 Å². The van der Waals surface area contributed by atoms with Gasteiger partial charge in [0.05, 0.1) is 29.0 Å². The topological polar surface area (TPSA) is 67.2 Å². The molecule has 1 fully saturated rings. The van der Waals surface area contributed by atoms with Gasteiger partial charge in [-0.1, -0.05) is 29.8 Å². The van der Waals surface area contributed by atoms with Gasteiger partial charge in [-0.15, -0.1) is 0 Å². The second-order valence-electron chi connectivity index (χ2n) is 7.74. The van der Waals surface area contributed by atoms with Crippen LogP contribution in [0.2, 0.25) is 0 Å². The summed E-state index contributed by atoms with van der Waals surface area (Å²) in [6.07, 6.45) is 0.220. The van der Waals surface area contributed by atoms with Crippen LogP contribution < -0.4 is 5.32 Å². The monoisotopic (exact) mass is 368 g/mol. The Morgan fingerprint density at radius 1 is 1.19 bits per heavy atom. The Balaban J connectivity index is 1.89. The van der Waals surface area contributed by atoms with Crippen LogP contribution in [0.1, 0.15) is 54.9 Å². The number of anilines is 1. The fourth-order valence-corrected chi connectivity index (χ4v) is 3.89. The normalized spacial score (nSPS) is 19.8. The Bertz CT molecular complexity index is 867. The zero-order valence-corrected chi connectivity index (χ0v) is 16.9. The van der Waals surface area contributed by atoms with Crippen molar-refractivity contribution in [3.8, 4) is 0 Å². The number of carbonyl (C=O) groups excluding carboxylic acids is 2. The SMILES string of the molecule is Cc1ccc([C@H]2[C@@H](C(=O)Nc3c(C)nn(C(C)C)c3C)CC(=O)N2C)cc1. The fourth-order valence-electron chi connectivity index (χ4n) is 3.89. The highest BCUT2D eigenvalue weighted by Gasteiger charge is 2.43. The molecule has 0 radical (unpaired) electrons. The molecule has 1 aromatic carbocycles. The maximum Gasteiger partial charge on any atom is 0.230 e. The summed E-state index contributed by atoms with van der Waals surface area (Å²) in [6, 6.07) is 8.00. The maximum absolute atomic E-state index is 13.1. The number of likely N-dealkylation sites (tertiary alicyclic amines) is 1. The first-order chi connectivity index (χ1) is 12.7. The van der Waals surface area contributed by atoms with Gasteiger partial charge in [0.15, 0.2) is 0 Å². The molecule has 0 aliphatic carbocycles. The minimum atomic E-state index is -0.425. The van der Waals surface area contributed by atoms with Crippen molar-refractivity contribution in [3.05, 3.63) is 46.8 Å². The number of nitrogens with zero attached hydrogens (tertiary/aromatic N) is 3. The molecule has 2 heterocycles. The van der Waals surface area contributed by atoms with Crippen LogP contribution in [0.25, 0.3) is 0 Å². The molecule has 0 unspecified atom stereocenters. The van der Waals surface area contributed by atoms with Crippen molar-refractivity contribution < 1.29 is 9.59 Å². The van der Waals surface area contributed by atoms with Gasteiger partial charge in [-0.25, -0.2) is 0 Å². The van der Waals surface area contributed by atoms with Gasteiger partial charge in [-0.2, -0.15) is 5.10 Å². The van der Waals surface area contributed by atoms with E-state index in [9.17, 15) is 9.59 Å². The number of rotatable bonds is 4. The fraction of sp³-hybridized carbons (Fsp3) is 0.476. The van der Waals surface area contributed by atoms with E-state index in [1.165, 1.54) is 0 Å². The average Bonchev–Trinajstić information content (AvgIpc) is 3.07. The largest absolute Gasteiger partial charge is 0.338 e. The molecule has 2 atom stereocenters. The third-order valence-electron chi connectivity index (χ3n) is 5.40. The number of hydrogen-bond donors (Lipinski definition) is 1. The van der Waals surface area contributed by atoms with Crippen LogP contribution in [0, 0.1) is 26.7 Å². The lowest BCUT2D eigenvalue weighted by atomic mass is 9.92. The molecule has 6 nitrogen and oxygen atoms in total. The third-order valence-corrected chi connectivity index (χ3v) is 5.40. The summed E-state index contributed by atoms with van der Waals surface area (Å²) in [7, 11) is 1.77. The number of benzene rings is 1. The van der Waals surface area contributed by atoms with E-state index in [1.54, 1.807) is 11.9 Å². The number of aromatic nitrogens is 2. The highest BCUT2D eigenvalue weighted by atomic mass is 16.2. The van der Waals surface area contributed by atoms with Gasteiger partial charge in [-0.3, -0.25) is 14.3 Å². The Hall–Kier alpha value is -2.63. The zero-order valence-electron chi connectivity index (χ0n) is 16.9. The zero-order chi connectivity index (χ0) is 19.9. The first kappa shape index (κ1) is 19.1. The quantitative estimate of drug-likeness (QED) is 0.897. The highest BCUT2D eigenvalue weighted by molar-refractivity contribution is 5.98. The molecule has 27 heavy (non-hydrogen) atoms. The lowest BCUT2D eigenvalue weighted by molar-refractivity contribution is -0.127. The number of nitrogens with one attached hydrogen (secondary N) is 1. The minimum Gasteiger partial charge on any atom is -0.338 e. The standard InChI is InChI=1S/C21H28N4O2/c1-12(2)25-15(5)19(14(4)23-25)22-21(27)17-11-18(26)24(6)20(17)16-9-7-13(3)8-10-16/h7-10,12,17,20H,11H2,1-6H3,(H,22,27)/t17-,20-/m0/s1. The molecule has 1 saturated heterocycles. The highest BCUT2D eigenvalue weighted by Crippen LogP contribution is 2.38. The Morgan fingerprint density at radius 2 is 1.81 bits per heavy atom. The van der Waals surface area contributed by atoms with Crippen molar-refractivity contribution in [1.82, 2.24) is 14.7 Å². The third kappa shape index (κ3) is 3.48. The molecule has 1 N–H and O–H groups in total. The van der Waals surface area contributed by atoms with E-state index >= 15 is 0 Å². The molecule has 6 heteroatoms. The van der Waals surface area contributed by atoms with Crippen molar-refractivity contribution >= 4 is 17.5 Å². The van der Waals surface area contributed by atoms with Crippen LogP contribution in [0.15, 0.2) is 24.3 Å². The van der Waals surface area contributed by atoms with Crippen molar-refractivity contribution in [2.24, 2.45) is 5.92 Å². The predicted octanol–water partition coefficient (Wildman–Crippen LogP) is 3.55. The van der Waals surface area contributed by atoms with E-state index in [0.717, 1.165) is 28.2 Å². The lowest BCUT2D eigenvalue weighted by Gasteiger charge is -2.25.